The molecule has 0 aromatic carbocycles. The maximum atomic E-state index is 12.4. The Kier molecular flexibility index (Phi) is 4.20. The van der Waals surface area contributed by atoms with Crippen LogP contribution in [-0.4, -0.2) is 37.6 Å². The van der Waals surface area contributed by atoms with Crippen LogP contribution in [0.25, 0.3) is 0 Å². The van der Waals surface area contributed by atoms with Crippen LogP contribution in [0, 0.1) is 0 Å². The van der Waals surface area contributed by atoms with Crippen LogP contribution in [0.15, 0.2) is 0 Å². The van der Waals surface area contributed by atoms with Crippen molar-refractivity contribution in [1.29, 1.82) is 0 Å². The topological polar surface area (TPSA) is 89.9 Å². The van der Waals surface area contributed by atoms with Gasteiger partial charge >= 0.3 is 21.5 Å². The van der Waals surface area contributed by atoms with E-state index in [4.69, 9.17) is 4.55 Å². The van der Waals surface area contributed by atoms with Crippen molar-refractivity contribution >= 4 is 16.3 Å². The van der Waals surface area contributed by atoms with E-state index in [0.29, 0.717) is 0 Å². The molecule has 9 heteroatoms. The summed E-state index contributed by atoms with van der Waals surface area (Å²) in [5, 5.41) is -4.53. The van der Waals surface area contributed by atoms with E-state index >= 15 is 0 Å². The minimum absolute atomic E-state index is 0.101. The molecule has 0 radical (unpaired) electrons. The van der Waals surface area contributed by atoms with Crippen LogP contribution < -0.4 is 0 Å². The summed E-state index contributed by atoms with van der Waals surface area (Å²) < 4.78 is 60.5. The normalized spacial score (nSPS) is 12.3. The lowest BCUT2D eigenvalue weighted by Crippen LogP contribution is -2.34. The lowest BCUT2D eigenvalue weighted by Gasteiger charge is -2.12. The van der Waals surface area contributed by atoms with Crippen LogP contribution in [0.4, 0.5) is 13.6 Å². The van der Waals surface area contributed by atoms with Gasteiger partial charge in [0.2, 0.25) is 0 Å². The Bertz CT molecular complexity index is 297. The van der Waals surface area contributed by atoms with Gasteiger partial charge in [-0.05, 0) is 6.92 Å². The molecule has 0 amide bonds. The highest BCUT2D eigenvalue weighted by molar-refractivity contribution is 7.86. The molecule has 0 saturated carbocycles. The van der Waals surface area contributed by atoms with Crippen LogP contribution in [-0.2, 0) is 19.6 Å². The summed E-state index contributed by atoms with van der Waals surface area (Å²) in [6, 6.07) is 0. The average Bonchev–Trinajstić information content (AvgIpc) is 1.99. The summed E-state index contributed by atoms with van der Waals surface area (Å²) in [6.45, 7) is -0.483. The predicted molar refractivity (Wildman–Crippen MR) is 39.5 cm³/mol. The van der Waals surface area contributed by atoms with E-state index in [0.717, 1.165) is 0 Å². The minimum atomic E-state index is -5.58. The molecule has 0 aromatic heterocycles. The van der Waals surface area contributed by atoms with E-state index in [1.54, 1.807) is 0 Å². The molecule has 0 spiro atoms. The largest absolute Gasteiger partial charge is 0.508 e. The van der Waals surface area contributed by atoms with E-state index in [2.05, 4.69) is 9.47 Å². The van der Waals surface area contributed by atoms with E-state index < -0.39 is 28.1 Å². The Labute approximate surface area is 78.5 Å². The fraction of sp³-hybridized carbons (Fsp3) is 0.800. The molecule has 0 saturated heterocycles. The van der Waals surface area contributed by atoms with Crippen LogP contribution in [0.1, 0.15) is 6.92 Å². The summed E-state index contributed by atoms with van der Waals surface area (Å²) in [5.41, 5.74) is 0. The molecular formula is C5H8F2O6S. The molecule has 0 aliphatic carbocycles. The molecule has 0 unspecified atom stereocenters. The molecule has 0 rings (SSSR count). The molecule has 1 N–H and O–H groups in total. The van der Waals surface area contributed by atoms with Gasteiger partial charge in [0.1, 0.15) is 0 Å². The maximum Gasteiger partial charge on any atom is 0.508 e. The number of hydrogen-bond acceptors (Lipinski definition) is 5. The second-order valence-corrected chi connectivity index (χ2v) is 3.63. The van der Waals surface area contributed by atoms with E-state index in [1.807, 2.05) is 0 Å². The third-order valence-corrected chi connectivity index (χ3v) is 1.87. The van der Waals surface area contributed by atoms with Gasteiger partial charge < -0.3 is 9.47 Å². The standard InChI is InChI=1S/C5H8F2O6S/c1-2-12-4(8)13-3-5(6,7)14(9,10)11/h2-3H2,1H3,(H,9,10,11). The highest BCUT2D eigenvalue weighted by Gasteiger charge is 2.45. The molecule has 0 aliphatic rings. The molecule has 0 aliphatic heterocycles. The molecular weight excluding hydrogens is 226 g/mol. The molecule has 0 atom stereocenters. The number of ether oxygens (including phenoxy) is 2. The van der Waals surface area contributed by atoms with Gasteiger partial charge in [0, 0.05) is 0 Å². The monoisotopic (exact) mass is 234 g/mol. The fourth-order valence-electron chi connectivity index (χ4n) is 0.377. The van der Waals surface area contributed by atoms with Gasteiger partial charge in [-0.15, -0.1) is 0 Å². The van der Waals surface area contributed by atoms with Gasteiger partial charge in [0.15, 0.2) is 6.61 Å². The first-order chi connectivity index (χ1) is 6.20. The molecule has 6 nitrogen and oxygen atoms in total. The molecule has 84 valence electrons. The lowest BCUT2D eigenvalue weighted by molar-refractivity contribution is -0.0182. The number of rotatable bonds is 4. The van der Waals surface area contributed by atoms with Crippen molar-refractivity contribution in [2.75, 3.05) is 13.2 Å². The zero-order valence-corrected chi connectivity index (χ0v) is 7.88. The van der Waals surface area contributed by atoms with Crippen molar-refractivity contribution in [2.24, 2.45) is 0 Å². The predicted octanol–water partition coefficient (Wildman–Crippen LogP) is 0.640. The van der Waals surface area contributed by atoms with Crippen LogP contribution in [0.2, 0.25) is 0 Å². The number of carbonyl (C=O) groups excluding carboxylic acids is 1. The van der Waals surface area contributed by atoms with Gasteiger partial charge in [-0.25, -0.2) is 4.79 Å². The van der Waals surface area contributed by atoms with E-state index in [9.17, 15) is 22.0 Å². The summed E-state index contributed by atoms with van der Waals surface area (Å²) >= 11 is 0. The number of hydrogen-bond donors (Lipinski definition) is 1. The lowest BCUT2D eigenvalue weighted by atomic mass is 10.7. The Morgan fingerprint density at radius 2 is 1.93 bits per heavy atom. The highest BCUT2D eigenvalue weighted by atomic mass is 32.2. The van der Waals surface area contributed by atoms with Crippen molar-refractivity contribution in [1.82, 2.24) is 0 Å². The van der Waals surface area contributed by atoms with Crippen molar-refractivity contribution < 1.29 is 36.0 Å². The summed E-state index contributed by atoms with van der Waals surface area (Å²) in [4.78, 5) is 10.4. The SMILES string of the molecule is CCOC(=O)OCC(F)(F)S(=O)(=O)O. The van der Waals surface area contributed by atoms with Crippen LogP contribution in [0.3, 0.4) is 0 Å². The molecule has 0 fully saturated rings. The van der Waals surface area contributed by atoms with Crippen LogP contribution in [0.5, 0.6) is 0 Å². The Balaban J connectivity index is 4.20. The molecule has 0 heterocycles. The van der Waals surface area contributed by atoms with Crippen molar-refractivity contribution in [3.05, 3.63) is 0 Å². The Morgan fingerprint density at radius 1 is 1.43 bits per heavy atom. The van der Waals surface area contributed by atoms with Crippen LogP contribution >= 0.6 is 0 Å². The highest BCUT2D eigenvalue weighted by Crippen LogP contribution is 2.20. The quantitative estimate of drug-likeness (QED) is 0.567. The van der Waals surface area contributed by atoms with E-state index in [1.165, 1.54) is 6.92 Å². The smallest absolute Gasteiger partial charge is 0.435 e. The second kappa shape index (κ2) is 4.51. The molecule has 0 aromatic rings. The van der Waals surface area contributed by atoms with Crippen molar-refractivity contribution in [2.45, 2.75) is 12.2 Å². The van der Waals surface area contributed by atoms with E-state index in [-0.39, 0.29) is 6.61 Å². The maximum absolute atomic E-state index is 12.4. The minimum Gasteiger partial charge on any atom is -0.435 e. The average molecular weight is 234 g/mol. The second-order valence-electron chi connectivity index (χ2n) is 2.08. The van der Waals surface area contributed by atoms with Gasteiger partial charge in [0.25, 0.3) is 0 Å². The van der Waals surface area contributed by atoms with Crippen molar-refractivity contribution in [3.8, 4) is 0 Å². The third kappa shape index (κ3) is 3.83. The zero-order valence-electron chi connectivity index (χ0n) is 7.07. The fourth-order valence-corrected chi connectivity index (χ4v) is 0.585. The number of halogens is 2. The summed E-state index contributed by atoms with van der Waals surface area (Å²) in [7, 11) is -5.58. The van der Waals surface area contributed by atoms with Gasteiger partial charge in [-0.1, -0.05) is 0 Å². The molecule has 0 bridgehead atoms. The zero-order chi connectivity index (χ0) is 11.4. The van der Waals surface area contributed by atoms with Crippen molar-refractivity contribution in [3.63, 3.8) is 0 Å². The third-order valence-electron chi connectivity index (χ3n) is 0.998. The Morgan fingerprint density at radius 3 is 2.29 bits per heavy atom. The van der Waals surface area contributed by atoms with Gasteiger partial charge in [0.05, 0.1) is 6.61 Å². The summed E-state index contributed by atoms with van der Waals surface area (Å²) in [5.74, 6) is 0. The van der Waals surface area contributed by atoms with Gasteiger partial charge in [-0.3, -0.25) is 4.55 Å². The molecule has 14 heavy (non-hydrogen) atoms. The summed E-state index contributed by atoms with van der Waals surface area (Å²) in [6.07, 6.45) is -1.43. The number of carbonyl (C=O) groups is 1. The first kappa shape index (κ1) is 13.0. The first-order valence-electron chi connectivity index (χ1n) is 3.35. The number of alkyl halides is 2. The first-order valence-corrected chi connectivity index (χ1v) is 4.79. The van der Waals surface area contributed by atoms with Gasteiger partial charge in [-0.2, -0.15) is 17.2 Å². The Hall–Kier alpha value is -0.960.